The summed E-state index contributed by atoms with van der Waals surface area (Å²) in [5.74, 6) is -0.0361. The Hall–Kier alpha value is -3.70. The largest absolute Gasteiger partial charge is 0.490 e. The molecule has 5 rings (SSSR count). The molecule has 0 saturated heterocycles. The first-order valence-electron chi connectivity index (χ1n) is 12.5. The van der Waals surface area contributed by atoms with Crippen LogP contribution in [-0.4, -0.2) is 23.7 Å². The molecule has 3 atom stereocenters. The number of rotatable bonds is 8. The molecule has 0 spiro atoms. The van der Waals surface area contributed by atoms with Crippen LogP contribution in [-0.2, 0) is 0 Å². The number of halogens is 1. The molecular formula is C31H30FNO3. The van der Waals surface area contributed by atoms with Crippen molar-refractivity contribution in [3.8, 4) is 5.75 Å². The van der Waals surface area contributed by atoms with E-state index >= 15 is 0 Å². The van der Waals surface area contributed by atoms with E-state index in [4.69, 9.17) is 4.74 Å². The third-order valence-electron chi connectivity index (χ3n) is 7.17. The van der Waals surface area contributed by atoms with Crippen molar-refractivity contribution in [1.82, 2.24) is 5.32 Å². The first kappa shape index (κ1) is 24.0. The SMILES string of the molecule is CC(NCCCC1CC(c2ccc(C(=O)O)cc2)c2ccccc2O1)c1ccc(F)c2ccccc12. The fourth-order valence-corrected chi connectivity index (χ4v) is 5.27. The van der Waals surface area contributed by atoms with Crippen LogP contribution in [0.4, 0.5) is 4.39 Å². The second kappa shape index (κ2) is 10.5. The monoisotopic (exact) mass is 483 g/mol. The molecule has 1 heterocycles. The lowest BCUT2D eigenvalue weighted by Gasteiger charge is -2.33. The van der Waals surface area contributed by atoms with Gasteiger partial charge in [-0.05, 0) is 73.5 Å². The van der Waals surface area contributed by atoms with Crippen molar-refractivity contribution < 1.29 is 19.0 Å². The van der Waals surface area contributed by atoms with Gasteiger partial charge in [-0.2, -0.15) is 0 Å². The summed E-state index contributed by atoms with van der Waals surface area (Å²) in [6.07, 6.45) is 2.78. The third kappa shape index (κ3) is 4.98. The first-order valence-corrected chi connectivity index (χ1v) is 12.5. The minimum Gasteiger partial charge on any atom is -0.490 e. The van der Waals surface area contributed by atoms with E-state index in [1.807, 2.05) is 60.7 Å². The van der Waals surface area contributed by atoms with Gasteiger partial charge in [-0.25, -0.2) is 9.18 Å². The minimum absolute atomic E-state index is 0.0767. The van der Waals surface area contributed by atoms with Crippen LogP contribution < -0.4 is 10.1 Å². The number of carbonyl (C=O) groups is 1. The lowest BCUT2D eigenvalue weighted by molar-refractivity contribution is 0.0696. The number of benzene rings is 4. The zero-order valence-electron chi connectivity index (χ0n) is 20.3. The number of ether oxygens (including phenoxy) is 1. The molecule has 1 aliphatic rings. The third-order valence-corrected chi connectivity index (χ3v) is 7.17. The Morgan fingerprint density at radius 2 is 1.72 bits per heavy atom. The zero-order valence-corrected chi connectivity index (χ0v) is 20.3. The average molecular weight is 484 g/mol. The number of hydrogen-bond acceptors (Lipinski definition) is 3. The predicted octanol–water partition coefficient (Wildman–Crippen LogP) is 7.09. The van der Waals surface area contributed by atoms with Crippen LogP contribution in [0.25, 0.3) is 10.8 Å². The van der Waals surface area contributed by atoms with Crippen molar-refractivity contribution in [3.63, 3.8) is 0 Å². The maximum absolute atomic E-state index is 14.2. The smallest absolute Gasteiger partial charge is 0.335 e. The Balaban J connectivity index is 1.23. The molecule has 0 aromatic heterocycles. The summed E-state index contributed by atoms with van der Waals surface area (Å²) in [5, 5.41) is 14.4. The molecule has 1 aliphatic heterocycles. The maximum Gasteiger partial charge on any atom is 0.335 e. The Kier molecular flexibility index (Phi) is 7.01. The molecule has 0 radical (unpaired) electrons. The molecular weight excluding hydrogens is 453 g/mol. The molecule has 0 bridgehead atoms. The second-order valence-electron chi connectivity index (χ2n) is 9.49. The molecule has 5 heteroatoms. The Bertz CT molecular complexity index is 1370. The van der Waals surface area contributed by atoms with Crippen LogP contribution in [0, 0.1) is 5.82 Å². The van der Waals surface area contributed by atoms with Gasteiger partial charge in [0.15, 0.2) is 0 Å². The van der Waals surface area contributed by atoms with Gasteiger partial charge in [0.1, 0.15) is 11.6 Å². The van der Waals surface area contributed by atoms with Crippen LogP contribution in [0.1, 0.15) is 65.2 Å². The van der Waals surface area contributed by atoms with Crippen LogP contribution in [0.3, 0.4) is 0 Å². The van der Waals surface area contributed by atoms with Gasteiger partial charge < -0.3 is 15.2 Å². The van der Waals surface area contributed by atoms with Crippen molar-refractivity contribution in [1.29, 1.82) is 0 Å². The minimum atomic E-state index is -0.915. The van der Waals surface area contributed by atoms with Gasteiger partial charge in [0.05, 0.1) is 11.7 Å². The van der Waals surface area contributed by atoms with E-state index in [2.05, 4.69) is 18.3 Å². The molecule has 4 aromatic rings. The summed E-state index contributed by atoms with van der Waals surface area (Å²) < 4.78 is 20.5. The normalized spacial score (nSPS) is 17.8. The number of carboxylic acid groups (broad SMARTS) is 1. The molecule has 0 saturated carbocycles. The first-order chi connectivity index (χ1) is 17.5. The van der Waals surface area contributed by atoms with Crippen LogP contribution >= 0.6 is 0 Å². The van der Waals surface area contributed by atoms with Crippen molar-refractivity contribution in [3.05, 3.63) is 113 Å². The van der Waals surface area contributed by atoms with Crippen LogP contribution in [0.5, 0.6) is 5.75 Å². The van der Waals surface area contributed by atoms with Gasteiger partial charge in [-0.1, -0.05) is 60.7 Å². The summed E-state index contributed by atoms with van der Waals surface area (Å²) in [7, 11) is 0. The number of fused-ring (bicyclic) bond motifs is 2. The molecule has 4 aromatic carbocycles. The van der Waals surface area contributed by atoms with Gasteiger partial charge in [-0.15, -0.1) is 0 Å². The lowest BCUT2D eigenvalue weighted by Crippen LogP contribution is -2.28. The van der Waals surface area contributed by atoms with Crippen molar-refractivity contribution in [2.75, 3.05) is 6.54 Å². The highest BCUT2D eigenvalue weighted by Crippen LogP contribution is 2.41. The van der Waals surface area contributed by atoms with E-state index in [9.17, 15) is 14.3 Å². The highest BCUT2D eigenvalue weighted by Gasteiger charge is 2.29. The van der Waals surface area contributed by atoms with E-state index in [0.29, 0.717) is 10.9 Å². The van der Waals surface area contributed by atoms with Crippen molar-refractivity contribution >= 4 is 16.7 Å². The molecule has 36 heavy (non-hydrogen) atoms. The van der Waals surface area contributed by atoms with E-state index in [-0.39, 0.29) is 23.9 Å². The predicted molar refractivity (Wildman–Crippen MR) is 140 cm³/mol. The van der Waals surface area contributed by atoms with E-state index in [0.717, 1.165) is 53.6 Å². The molecule has 2 N–H and O–H groups in total. The summed E-state index contributed by atoms with van der Waals surface area (Å²) >= 11 is 0. The maximum atomic E-state index is 14.2. The van der Waals surface area contributed by atoms with Gasteiger partial charge in [0, 0.05) is 22.9 Å². The molecule has 0 aliphatic carbocycles. The van der Waals surface area contributed by atoms with Crippen LogP contribution in [0.15, 0.2) is 84.9 Å². The zero-order chi connectivity index (χ0) is 25.1. The number of carboxylic acids is 1. The van der Waals surface area contributed by atoms with E-state index in [1.54, 1.807) is 18.2 Å². The molecule has 184 valence electrons. The highest BCUT2D eigenvalue weighted by molar-refractivity contribution is 5.87. The quantitative estimate of drug-likeness (QED) is 0.263. The standard InChI is InChI=1S/C31H30FNO3/c1-20(24-16-17-29(32)26-9-3-2-8-25(24)26)33-18-6-7-23-19-28(27-10-4-5-11-30(27)36-23)21-12-14-22(15-13-21)31(34)35/h2-5,8-17,20,23,28,33H,6-7,18-19H2,1H3,(H,34,35). The van der Waals surface area contributed by atoms with Crippen molar-refractivity contribution in [2.24, 2.45) is 0 Å². The topological polar surface area (TPSA) is 58.6 Å². The van der Waals surface area contributed by atoms with Gasteiger partial charge in [0.2, 0.25) is 0 Å². The number of aromatic carboxylic acids is 1. The second-order valence-corrected chi connectivity index (χ2v) is 9.49. The molecule has 0 amide bonds. The number of para-hydroxylation sites is 1. The summed E-state index contributed by atoms with van der Waals surface area (Å²) in [6.45, 7) is 2.94. The van der Waals surface area contributed by atoms with Crippen molar-refractivity contribution in [2.45, 2.75) is 44.2 Å². The fraction of sp³-hybridized carbons (Fsp3) is 0.258. The van der Waals surface area contributed by atoms with E-state index in [1.165, 1.54) is 0 Å². The summed E-state index contributed by atoms with van der Waals surface area (Å²) in [6, 6.07) is 26.4. The van der Waals surface area contributed by atoms with Gasteiger partial charge in [0.25, 0.3) is 0 Å². The fourth-order valence-electron chi connectivity index (χ4n) is 5.27. The number of nitrogens with one attached hydrogen (secondary N) is 1. The highest BCUT2D eigenvalue weighted by atomic mass is 19.1. The van der Waals surface area contributed by atoms with Crippen LogP contribution in [0.2, 0.25) is 0 Å². The average Bonchev–Trinajstić information content (AvgIpc) is 2.91. The van der Waals surface area contributed by atoms with Gasteiger partial charge in [-0.3, -0.25) is 0 Å². The Morgan fingerprint density at radius 3 is 2.50 bits per heavy atom. The van der Waals surface area contributed by atoms with E-state index < -0.39 is 5.97 Å². The number of hydrogen-bond donors (Lipinski definition) is 2. The Labute approximate surface area is 210 Å². The molecule has 0 fully saturated rings. The van der Waals surface area contributed by atoms with Gasteiger partial charge >= 0.3 is 5.97 Å². The summed E-state index contributed by atoms with van der Waals surface area (Å²) in [5.41, 5.74) is 3.65. The lowest BCUT2D eigenvalue weighted by atomic mass is 9.83. The molecule has 3 unspecified atom stereocenters. The summed E-state index contributed by atoms with van der Waals surface area (Å²) in [4.78, 5) is 11.3. The Morgan fingerprint density at radius 1 is 1.00 bits per heavy atom. The molecule has 4 nitrogen and oxygen atoms in total.